The molecule has 0 radical (unpaired) electrons. The average molecular weight is 422 g/mol. The van der Waals surface area contributed by atoms with E-state index in [4.69, 9.17) is 14.5 Å². The first-order valence-electron chi connectivity index (χ1n) is 11.8. The lowest BCUT2D eigenvalue weighted by Gasteiger charge is -2.19. The van der Waals surface area contributed by atoms with Gasteiger partial charge >= 0.3 is 0 Å². The molecule has 5 nitrogen and oxygen atoms in total. The van der Waals surface area contributed by atoms with E-state index in [1.807, 2.05) is 24.3 Å². The number of imidazole rings is 1. The van der Waals surface area contributed by atoms with Gasteiger partial charge in [-0.3, -0.25) is 0 Å². The predicted octanol–water partition coefficient (Wildman–Crippen LogP) is 5.32. The zero-order chi connectivity index (χ0) is 21.3. The van der Waals surface area contributed by atoms with Crippen LogP contribution in [-0.4, -0.2) is 47.8 Å². The first-order chi connectivity index (χ1) is 15.3. The van der Waals surface area contributed by atoms with Gasteiger partial charge in [-0.2, -0.15) is 0 Å². The van der Waals surface area contributed by atoms with E-state index in [1.54, 1.807) is 7.11 Å². The minimum absolute atomic E-state index is 0.653. The van der Waals surface area contributed by atoms with Gasteiger partial charge in [0, 0.05) is 13.0 Å². The third kappa shape index (κ3) is 5.79. The second kappa shape index (κ2) is 11.2. The third-order valence-electron chi connectivity index (χ3n) is 6.16. The van der Waals surface area contributed by atoms with Crippen molar-refractivity contribution in [1.82, 2.24) is 14.5 Å². The number of fused-ring (bicyclic) bond motifs is 1. The minimum atomic E-state index is 0.653. The van der Waals surface area contributed by atoms with E-state index >= 15 is 0 Å². The fourth-order valence-electron chi connectivity index (χ4n) is 4.53. The van der Waals surface area contributed by atoms with Crippen molar-refractivity contribution in [1.29, 1.82) is 0 Å². The predicted molar refractivity (Wildman–Crippen MR) is 126 cm³/mol. The Morgan fingerprint density at radius 3 is 2.39 bits per heavy atom. The van der Waals surface area contributed by atoms with Gasteiger partial charge in [0.25, 0.3) is 0 Å². The van der Waals surface area contributed by atoms with Crippen LogP contribution in [0.5, 0.6) is 11.5 Å². The van der Waals surface area contributed by atoms with Crippen LogP contribution in [0, 0.1) is 0 Å². The molecule has 0 amide bonds. The highest BCUT2D eigenvalue weighted by Gasteiger charge is 2.13. The number of hydrogen-bond acceptors (Lipinski definition) is 4. The van der Waals surface area contributed by atoms with E-state index in [0.29, 0.717) is 6.61 Å². The molecule has 0 spiro atoms. The van der Waals surface area contributed by atoms with E-state index < -0.39 is 0 Å². The number of likely N-dealkylation sites (tertiary alicyclic amines) is 1. The van der Waals surface area contributed by atoms with Gasteiger partial charge in [-0.05, 0) is 69.6 Å². The van der Waals surface area contributed by atoms with Gasteiger partial charge in [-0.15, -0.1) is 0 Å². The maximum absolute atomic E-state index is 5.99. The molecule has 1 aliphatic heterocycles. The molecule has 3 aromatic rings. The normalized spacial score (nSPS) is 15.1. The van der Waals surface area contributed by atoms with Gasteiger partial charge in [0.1, 0.15) is 5.82 Å². The quantitative estimate of drug-likeness (QED) is 0.415. The highest BCUT2D eigenvalue weighted by molar-refractivity contribution is 5.75. The Morgan fingerprint density at radius 1 is 0.839 bits per heavy atom. The number of methoxy groups -OCH3 is 1. The zero-order valence-electron chi connectivity index (χ0n) is 18.8. The summed E-state index contributed by atoms with van der Waals surface area (Å²) in [6.07, 6.45) is 8.61. The Labute approximate surface area is 186 Å². The topological polar surface area (TPSA) is 39.5 Å². The van der Waals surface area contributed by atoms with Crippen LogP contribution in [0.2, 0.25) is 0 Å². The molecule has 5 heteroatoms. The van der Waals surface area contributed by atoms with Crippen LogP contribution in [0.1, 0.15) is 44.3 Å². The van der Waals surface area contributed by atoms with E-state index in [1.165, 1.54) is 63.1 Å². The number of aryl methyl sites for hydroxylation is 2. The van der Waals surface area contributed by atoms with Crippen LogP contribution in [0.3, 0.4) is 0 Å². The summed E-state index contributed by atoms with van der Waals surface area (Å²) in [6, 6.07) is 16.3. The molecule has 166 valence electrons. The highest BCUT2D eigenvalue weighted by atomic mass is 16.5. The molecular formula is C26H35N3O2. The minimum Gasteiger partial charge on any atom is -0.493 e. The van der Waals surface area contributed by atoms with Crippen LogP contribution in [0.25, 0.3) is 11.0 Å². The maximum Gasteiger partial charge on any atom is 0.161 e. The zero-order valence-corrected chi connectivity index (χ0v) is 18.8. The molecule has 31 heavy (non-hydrogen) atoms. The number of aromatic nitrogens is 2. The molecule has 0 atom stereocenters. The number of para-hydroxylation sites is 4. The van der Waals surface area contributed by atoms with Crippen molar-refractivity contribution in [2.24, 2.45) is 0 Å². The molecule has 0 unspecified atom stereocenters. The second-order valence-corrected chi connectivity index (χ2v) is 8.38. The Hall–Kier alpha value is -2.53. The number of ether oxygens (including phenoxy) is 2. The van der Waals surface area contributed by atoms with Crippen LogP contribution in [-0.2, 0) is 13.0 Å². The number of benzene rings is 2. The summed E-state index contributed by atoms with van der Waals surface area (Å²) in [7, 11) is 1.68. The number of hydrogen-bond donors (Lipinski definition) is 0. The SMILES string of the molecule is COc1ccccc1OCCCn1c(CCCN2CCCCCC2)nc2ccccc21. The molecule has 0 aliphatic carbocycles. The summed E-state index contributed by atoms with van der Waals surface area (Å²) in [5, 5.41) is 0. The molecule has 0 saturated carbocycles. The number of rotatable bonds is 10. The average Bonchev–Trinajstić information content (AvgIpc) is 2.96. The van der Waals surface area contributed by atoms with Gasteiger partial charge in [-0.25, -0.2) is 4.98 Å². The molecule has 4 rings (SSSR count). The molecule has 0 bridgehead atoms. The summed E-state index contributed by atoms with van der Waals surface area (Å²) in [4.78, 5) is 7.60. The summed E-state index contributed by atoms with van der Waals surface area (Å²) >= 11 is 0. The Bertz CT molecular complexity index is 945. The lowest BCUT2D eigenvalue weighted by atomic mass is 10.2. The van der Waals surface area contributed by atoms with Gasteiger partial charge < -0.3 is 18.9 Å². The first kappa shape index (κ1) is 21.7. The number of nitrogens with zero attached hydrogens (tertiary/aromatic N) is 3. The molecule has 1 aromatic heterocycles. The van der Waals surface area contributed by atoms with Crippen LogP contribution in [0.15, 0.2) is 48.5 Å². The fourth-order valence-corrected chi connectivity index (χ4v) is 4.53. The van der Waals surface area contributed by atoms with Crippen molar-refractivity contribution >= 4 is 11.0 Å². The molecule has 1 aliphatic rings. The van der Waals surface area contributed by atoms with Gasteiger partial charge in [0.2, 0.25) is 0 Å². The van der Waals surface area contributed by atoms with Crippen LogP contribution >= 0.6 is 0 Å². The largest absolute Gasteiger partial charge is 0.493 e. The van der Waals surface area contributed by atoms with Crippen molar-refractivity contribution in [2.45, 2.75) is 51.5 Å². The van der Waals surface area contributed by atoms with Gasteiger partial charge in [0.15, 0.2) is 11.5 Å². The highest BCUT2D eigenvalue weighted by Crippen LogP contribution is 2.26. The summed E-state index contributed by atoms with van der Waals surface area (Å²) in [6.45, 7) is 5.27. The van der Waals surface area contributed by atoms with E-state index in [9.17, 15) is 0 Å². The van der Waals surface area contributed by atoms with Crippen molar-refractivity contribution in [3.05, 3.63) is 54.4 Å². The van der Waals surface area contributed by atoms with Crippen molar-refractivity contribution in [3.8, 4) is 11.5 Å². The molecular weight excluding hydrogens is 386 g/mol. The van der Waals surface area contributed by atoms with E-state index in [0.717, 1.165) is 36.4 Å². The summed E-state index contributed by atoms with van der Waals surface area (Å²) in [5.41, 5.74) is 2.32. The maximum atomic E-state index is 5.99. The van der Waals surface area contributed by atoms with Crippen molar-refractivity contribution < 1.29 is 9.47 Å². The monoisotopic (exact) mass is 421 g/mol. The first-order valence-corrected chi connectivity index (χ1v) is 11.8. The third-order valence-corrected chi connectivity index (χ3v) is 6.16. The second-order valence-electron chi connectivity index (χ2n) is 8.38. The van der Waals surface area contributed by atoms with Gasteiger partial charge in [0.05, 0.1) is 24.8 Å². The van der Waals surface area contributed by atoms with E-state index in [-0.39, 0.29) is 0 Å². The molecule has 2 heterocycles. The molecule has 1 saturated heterocycles. The Morgan fingerprint density at radius 2 is 1.58 bits per heavy atom. The van der Waals surface area contributed by atoms with E-state index in [2.05, 4.69) is 33.7 Å². The Balaban J connectivity index is 1.35. The van der Waals surface area contributed by atoms with Crippen LogP contribution in [0.4, 0.5) is 0 Å². The van der Waals surface area contributed by atoms with Crippen molar-refractivity contribution in [2.75, 3.05) is 33.4 Å². The van der Waals surface area contributed by atoms with Crippen molar-refractivity contribution in [3.63, 3.8) is 0 Å². The summed E-state index contributed by atoms with van der Waals surface area (Å²) < 4.78 is 13.8. The smallest absolute Gasteiger partial charge is 0.161 e. The summed E-state index contributed by atoms with van der Waals surface area (Å²) in [5.74, 6) is 2.79. The van der Waals surface area contributed by atoms with Gasteiger partial charge in [-0.1, -0.05) is 37.1 Å². The molecule has 2 aromatic carbocycles. The lowest BCUT2D eigenvalue weighted by Crippen LogP contribution is -2.26. The lowest BCUT2D eigenvalue weighted by molar-refractivity contribution is 0.278. The fraction of sp³-hybridized carbons (Fsp3) is 0.500. The Kier molecular flexibility index (Phi) is 7.83. The standard InChI is InChI=1S/C26H35N3O2/c1-30-24-14-6-7-15-25(24)31-21-11-20-29-23-13-5-4-12-22(23)27-26(29)16-10-19-28-17-8-2-3-9-18-28/h4-7,12-15H,2-3,8-11,16-21H2,1H3. The molecule has 1 fully saturated rings. The molecule has 0 N–H and O–H groups in total. The van der Waals surface area contributed by atoms with Crippen LogP contribution < -0.4 is 9.47 Å².